The lowest BCUT2D eigenvalue weighted by molar-refractivity contribution is -0.132. The van der Waals surface area contributed by atoms with Gasteiger partial charge >= 0.3 is 5.97 Å². The minimum Gasteiger partial charge on any atom is -0.497 e. The Morgan fingerprint density at radius 2 is 0.788 bits per heavy atom. The third-order valence-corrected chi connectivity index (χ3v) is 19.0. The van der Waals surface area contributed by atoms with Crippen molar-refractivity contribution in [3.8, 4) is 133 Å². The number of ether oxygens (including phenoxy) is 4. The van der Waals surface area contributed by atoms with Crippen molar-refractivity contribution >= 4 is 58.1 Å². The fourth-order valence-electron chi connectivity index (χ4n) is 12.6. The number of nitrogens with zero attached hydrogens (tertiary/aromatic N) is 10. The van der Waals surface area contributed by atoms with Gasteiger partial charge in [-0.2, -0.15) is 0 Å². The predicted octanol–water partition coefficient (Wildman–Crippen LogP) is 20.0. The van der Waals surface area contributed by atoms with Gasteiger partial charge in [-0.05, 0) is 243 Å². The monoisotopic (exact) mass is 1770 g/mol. The first kappa shape index (κ1) is 87.1. The SMILES string of the molecule is COc1cc(C(=O)Nc2cccc(-c3nnc(-c4ccco4)o3)c2)ccc1OC(C)=O.COc1ccc(C(=O)Cc2cccc(-c3nnc(-c4ccco4)o3)c2)cc1.O=C(Nc1ccc(-c2nnc(-c3ccco3)o2)cc1)C1CCCO1.O=C(Nc1ccc(-c2nnc(-c3ccco3)o2)cc1)c1ccco1.O=C(Nc1cccc(-c2nnc(-c3ccco3)o2)c1)c1ccccc1F. The van der Waals surface area contributed by atoms with E-state index in [2.05, 4.69) is 72.3 Å². The number of anilines is 4. The van der Waals surface area contributed by atoms with E-state index in [1.807, 2.05) is 36.4 Å². The number of furan rings is 6. The van der Waals surface area contributed by atoms with Crippen LogP contribution in [0, 0.1) is 5.82 Å². The summed E-state index contributed by atoms with van der Waals surface area (Å²) in [5, 5.41) is 50.9. The zero-order chi connectivity index (χ0) is 91.1. The molecule has 1 unspecified atom stereocenters. The standard InChI is InChI=1S/C22H17N3O6.C21H16N2O4.C19H12FN3O3.C17H15N3O4.C17H11N3O4/c1-13(26)30-17-9-8-14(12-19(17)28-2)20(27)23-16-6-3-5-15(11-16)21-24-25-22(31-21)18-7-4-10-29-18;1-25-17-9-7-15(8-10-17)18(24)13-14-4-2-5-16(12-14)20-22-23-21(27-20)19-6-3-11-26-19;20-15-8-2-1-7-14(15)17(24)21-13-6-3-5-12(11-13)18-22-23-19(26-18)16-9-4-10-25-16;2*21-15(13-3-1-9-22-13)18-12-7-5-11(6-8-12)16-19-20-17(24-16)14-4-2-10-23-14/h3-12H,1-2H3,(H,23,27);2-12H,13H2,1H3;1-11H,(H,21,24);2,4-8,10,13H,1,3,9H2,(H,18,21);1-10H,(H,18,21). The molecule has 0 saturated carbocycles. The van der Waals surface area contributed by atoms with Crippen LogP contribution in [0.2, 0.25) is 0 Å². The van der Waals surface area contributed by atoms with Crippen LogP contribution in [0.15, 0.2) is 347 Å². The minimum absolute atomic E-state index is 0.0246. The van der Waals surface area contributed by atoms with Gasteiger partial charge in [0.2, 0.25) is 29.5 Å². The lowest BCUT2D eigenvalue weighted by Gasteiger charge is -2.10. The van der Waals surface area contributed by atoms with E-state index < -0.39 is 17.7 Å². The zero-order valence-electron chi connectivity index (χ0n) is 69.6. The second-order valence-corrected chi connectivity index (χ2v) is 28.1. The number of carbonyl (C=O) groups excluding carboxylic acids is 6. The number of esters is 1. The summed E-state index contributed by atoms with van der Waals surface area (Å²) in [6, 6.07) is 73.6. The summed E-state index contributed by atoms with van der Waals surface area (Å²) in [7, 11) is 3.02. The summed E-state index contributed by atoms with van der Waals surface area (Å²) in [5.74, 6) is 4.73. The average molecular weight is 1780 g/mol. The van der Waals surface area contributed by atoms with E-state index in [0.29, 0.717) is 116 Å². The molecule has 36 heteroatoms. The van der Waals surface area contributed by atoms with Gasteiger partial charge in [0.1, 0.15) is 17.7 Å². The highest BCUT2D eigenvalue weighted by atomic mass is 19.1. The van der Waals surface area contributed by atoms with Crippen molar-refractivity contribution in [1.82, 2.24) is 51.0 Å². The van der Waals surface area contributed by atoms with Crippen molar-refractivity contribution in [2.24, 2.45) is 0 Å². The van der Waals surface area contributed by atoms with Crippen molar-refractivity contribution in [2.75, 3.05) is 42.1 Å². The Balaban J connectivity index is 0.000000121. The van der Waals surface area contributed by atoms with Gasteiger partial charge in [-0.3, -0.25) is 28.8 Å². The molecule has 1 atom stereocenters. The molecular weight excluding hydrogens is 1700 g/mol. The molecule has 0 aliphatic carbocycles. The van der Waals surface area contributed by atoms with Gasteiger partial charge in [0.15, 0.2) is 51.8 Å². The Bertz CT molecular complexity index is 7040. The first-order chi connectivity index (χ1) is 64.5. The molecular formula is C96H71FN14O21. The molecule has 11 aromatic heterocycles. The van der Waals surface area contributed by atoms with Crippen LogP contribution in [0.1, 0.15) is 67.0 Å². The summed E-state index contributed by atoms with van der Waals surface area (Å²) in [6.45, 7) is 1.93. The molecule has 1 saturated heterocycles. The van der Waals surface area contributed by atoms with Gasteiger partial charge in [-0.1, -0.05) is 36.4 Å². The molecule has 132 heavy (non-hydrogen) atoms. The van der Waals surface area contributed by atoms with Crippen molar-refractivity contribution in [2.45, 2.75) is 32.3 Å². The molecule has 0 radical (unpaired) electrons. The third-order valence-electron chi connectivity index (χ3n) is 19.0. The molecule has 12 heterocycles. The molecule has 1 aliphatic heterocycles. The van der Waals surface area contributed by atoms with Crippen LogP contribution in [0.25, 0.3) is 116 Å². The van der Waals surface area contributed by atoms with Gasteiger partial charge in [0.25, 0.3) is 53.1 Å². The molecule has 20 rings (SSSR count). The normalized spacial score (nSPS) is 11.8. The number of aromatic nitrogens is 10. The molecule has 658 valence electrons. The molecule has 4 amide bonds. The van der Waals surface area contributed by atoms with Gasteiger partial charge in [-0.15, -0.1) is 51.0 Å². The van der Waals surface area contributed by atoms with Crippen LogP contribution in [0.3, 0.4) is 0 Å². The number of carbonyl (C=O) groups is 6. The number of amides is 4. The Labute approximate surface area is 745 Å². The molecule has 19 aromatic rings. The highest BCUT2D eigenvalue weighted by molar-refractivity contribution is 6.06. The van der Waals surface area contributed by atoms with E-state index in [-0.39, 0.29) is 82.4 Å². The average Bonchev–Trinajstić information content (AvgIpc) is 1.68. The minimum atomic E-state index is -0.582. The summed E-state index contributed by atoms with van der Waals surface area (Å²) in [4.78, 5) is 72.5. The molecule has 8 aromatic carbocycles. The van der Waals surface area contributed by atoms with E-state index in [1.54, 1.807) is 208 Å². The molecule has 4 N–H and O–H groups in total. The van der Waals surface area contributed by atoms with E-state index in [4.69, 9.17) is 67.5 Å². The van der Waals surface area contributed by atoms with Gasteiger partial charge < -0.3 is 88.8 Å². The van der Waals surface area contributed by atoms with Crippen molar-refractivity contribution in [3.63, 3.8) is 0 Å². The number of halogens is 1. The lowest BCUT2D eigenvalue weighted by Crippen LogP contribution is -2.26. The number of nitrogens with one attached hydrogen (secondary N) is 4. The summed E-state index contributed by atoms with van der Waals surface area (Å²) in [5.41, 5.74) is 7.63. The number of rotatable bonds is 24. The molecule has 1 fully saturated rings. The number of methoxy groups -OCH3 is 2. The fraction of sp³-hybridized carbons (Fsp3) is 0.0833. The smallest absolute Gasteiger partial charge is 0.308 e. The topological polar surface area (TPSA) is 461 Å². The maximum Gasteiger partial charge on any atom is 0.308 e. The van der Waals surface area contributed by atoms with Gasteiger partial charge in [-0.25, -0.2) is 4.39 Å². The van der Waals surface area contributed by atoms with Crippen LogP contribution in [0.5, 0.6) is 17.2 Å². The summed E-state index contributed by atoms with van der Waals surface area (Å²) >= 11 is 0. The van der Waals surface area contributed by atoms with Crippen LogP contribution >= 0.6 is 0 Å². The van der Waals surface area contributed by atoms with Gasteiger partial charge in [0, 0.05) is 81.6 Å². The van der Waals surface area contributed by atoms with Crippen molar-refractivity contribution < 1.29 is 101 Å². The number of ketones is 1. The van der Waals surface area contributed by atoms with E-state index >= 15 is 0 Å². The number of benzene rings is 8. The number of Topliss-reactive ketones (excluding diaryl/α,β-unsaturated/α-hetero) is 1. The highest BCUT2D eigenvalue weighted by Crippen LogP contribution is 2.35. The first-order valence-corrected chi connectivity index (χ1v) is 40.1. The van der Waals surface area contributed by atoms with Crippen LogP contribution < -0.4 is 35.5 Å². The van der Waals surface area contributed by atoms with Gasteiger partial charge in [0.05, 0.1) is 57.4 Å². The Morgan fingerprint density at radius 3 is 1.22 bits per heavy atom. The fourth-order valence-corrected chi connectivity index (χ4v) is 12.6. The Hall–Kier alpha value is -18.4. The predicted molar refractivity (Wildman–Crippen MR) is 469 cm³/mol. The lowest BCUT2D eigenvalue weighted by atomic mass is 10.0. The van der Waals surface area contributed by atoms with E-state index in [0.717, 1.165) is 40.8 Å². The second kappa shape index (κ2) is 41.6. The molecule has 1 aliphatic rings. The van der Waals surface area contributed by atoms with Crippen LogP contribution in [-0.4, -0.2) is 113 Å². The van der Waals surface area contributed by atoms with Crippen LogP contribution in [-0.2, 0) is 20.7 Å². The molecule has 0 spiro atoms. The second-order valence-electron chi connectivity index (χ2n) is 28.1. The molecule has 35 nitrogen and oxygen atoms in total. The number of hydrogen-bond donors (Lipinski definition) is 4. The van der Waals surface area contributed by atoms with Crippen LogP contribution in [0.4, 0.5) is 27.1 Å². The Kier molecular flexibility index (Phi) is 27.5. The highest BCUT2D eigenvalue weighted by Gasteiger charge is 2.26. The summed E-state index contributed by atoms with van der Waals surface area (Å²) in [6.07, 6.45) is 10.7. The zero-order valence-corrected chi connectivity index (χ0v) is 69.6. The Morgan fingerprint density at radius 1 is 0.364 bits per heavy atom. The largest absolute Gasteiger partial charge is 0.497 e. The van der Waals surface area contributed by atoms with Crippen molar-refractivity contribution in [3.05, 3.63) is 332 Å². The summed E-state index contributed by atoms with van der Waals surface area (Å²) < 4.78 is 93.8. The van der Waals surface area contributed by atoms with E-state index in [1.165, 1.54) is 75.5 Å². The maximum absolute atomic E-state index is 13.7. The molecule has 0 bridgehead atoms. The first-order valence-electron chi connectivity index (χ1n) is 40.1. The maximum atomic E-state index is 13.7. The van der Waals surface area contributed by atoms with E-state index in [9.17, 15) is 33.2 Å². The quantitative estimate of drug-likeness (QED) is 0.0248. The third kappa shape index (κ3) is 22.3. The number of hydrogen-bond acceptors (Lipinski definition) is 31. The van der Waals surface area contributed by atoms with Crippen molar-refractivity contribution in [1.29, 1.82) is 0 Å².